The van der Waals surface area contributed by atoms with Gasteiger partial charge in [0.15, 0.2) is 6.61 Å². The molecule has 1 saturated heterocycles. The quantitative estimate of drug-likeness (QED) is 0.624. The molecule has 1 amide bonds. The molecule has 0 unspecified atom stereocenters. The molecule has 0 aromatic heterocycles. The van der Waals surface area contributed by atoms with E-state index >= 15 is 0 Å². The van der Waals surface area contributed by atoms with Crippen LogP contribution in [0.5, 0.6) is 5.75 Å². The maximum Gasteiger partial charge on any atom is 0.344 e. The van der Waals surface area contributed by atoms with Crippen molar-refractivity contribution in [2.75, 3.05) is 20.3 Å². The fourth-order valence-corrected chi connectivity index (χ4v) is 1.91. The number of hydrogen-bond donors (Lipinski definition) is 2. The molecule has 1 aromatic carbocycles. The second-order valence-corrected chi connectivity index (χ2v) is 4.52. The number of guanidine groups is 1. The van der Waals surface area contributed by atoms with Gasteiger partial charge in [-0.1, -0.05) is 18.2 Å². The number of esters is 1. The molecule has 7 nitrogen and oxygen atoms in total. The summed E-state index contributed by atoms with van der Waals surface area (Å²) >= 11 is 0. The normalized spacial score (nSPS) is 15.9. The van der Waals surface area contributed by atoms with Gasteiger partial charge in [0, 0.05) is 12.6 Å². The summed E-state index contributed by atoms with van der Waals surface area (Å²) in [6.45, 7) is 1.81. The lowest BCUT2D eigenvalue weighted by atomic mass is 10.1. The maximum atomic E-state index is 11.8. The van der Waals surface area contributed by atoms with Crippen molar-refractivity contribution >= 4 is 23.9 Å². The molecule has 1 aliphatic heterocycles. The Morgan fingerprint density at radius 3 is 2.77 bits per heavy atom. The van der Waals surface area contributed by atoms with E-state index in [1.807, 2.05) is 0 Å². The molecule has 1 heterocycles. The zero-order valence-corrected chi connectivity index (χ0v) is 12.4. The summed E-state index contributed by atoms with van der Waals surface area (Å²) in [5.41, 5.74) is 0.968. The first kappa shape index (κ1) is 15.6. The molecule has 1 fully saturated rings. The van der Waals surface area contributed by atoms with Crippen molar-refractivity contribution in [2.45, 2.75) is 6.92 Å². The van der Waals surface area contributed by atoms with Crippen LogP contribution in [0.25, 0.3) is 6.08 Å². The van der Waals surface area contributed by atoms with E-state index in [0.29, 0.717) is 23.6 Å². The van der Waals surface area contributed by atoms with Crippen molar-refractivity contribution in [1.82, 2.24) is 10.2 Å². The molecular weight excluding hydrogens is 286 g/mol. The van der Waals surface area contributed by atoms with E-state index in [1.165, 1.54) is 4.90 Å². The molecule has 116 valence electrons. The van der Waals surface area contributed by atoms with Crippen molar-refractivity contribution in [1.29, 1.82) is 5.41 Å². The van der Waals surface area contributed by atoms with Crippen LogP contribution in [-0.2, 0) is 14.3 Å². The van der Waals surface area contributed by atoms with E-state index in [2.05, 4.69) is 5.32 Å². The predicted molar refractivity (Wildman–Crippen MR) is 80.2 cm³/mol. The van der Waals surface area contributed by atoms with Crippen molar-refractivity contribution in [3.63, 3.8) is 0 Å². The minimum absolute atomic E-state index is 0.0150. The minimum atomic E-state index is -0.456. The highest BCUT2D eigenvalue weighted by Gasteiger charge is 2.27. The van der Waals surface area contributed by atoms with Crippen LogP contribution in [0.4, 0.5) is 0 Å². The number of ether oxygens (including phenoxy) is 2. The lowest BCUT2D eigenvalue weighted by molar-refractivity contribution is -0.145. The number of nitrogens with one attached hydrogen (secondary N) is 2. The lowest BCUT2D eigenvalue weighted by Gasteiger charge is -2.11. The summed E-state index contributed by atoms with van der Waals surface area (Å²) in [6.07, 6.45) is 1.61. The van der Waals surface area contributed by atoms with E-state index in [0.717, 1.165) is 0 Å². The van der Waals surface area contributed by atoms with E-state index in [-0.39, 0.29) is 18.5 Å². The highest BCUT2D eigenvalue weighted by atomic mass is 16.6. The first-order valence-electron chi connectivity index (χ1n) is 6.75. The maximum absolute atomic E-state index is 11.8. The zero-order chi connectivity index (χ0) is 16.1. The number of benzene rings is 1. The molecule has 0 radical (unpaired) electrons. The van der Waals surface area contributed by atoms with Gasteiger partial charge in [0.05, 0.1) is 6.61 Å². The van der Waals surface area contributed by atoms with Crippen LogP contribution >= 0.6 is 0 Å². The summed E-state index contributed by atoms with van der Waals surface area (Å²) in [7, 11) is 1.62. The number of para-hydroxylation sites is 1. The third kappa shape index (κ3) is 3.43. The van der Waals surface area contributed by atoms with Crippen molar-refractivity contribution in [2.24, 2.45) is 0 Å². The van der Waals surface area contributed by atoms with E-state index in [1.54, 1.807) is 44.3 Å². The Bertz CT molecular complexity index is 639. The summed E-state index contributed by atoms with van der Waals surface area (Å²) < 4.78 is 10.2. The molecule has 0 bridgehead atoms. The highest BCUT2D eigenvalue weighted by molar-refractivity contribution is 6.14. The van der Waals surface area contributed by atoms with Gasteiger partial charge in [-0.25, -0.2) is 4.79 Å². The van der Waals surface area contributed by atoms with Gasteiger partial charge in [-0.15, -0.1) is 0 Å². The largest absolute Gasteiger partial charge is 0.481 e. The second-order valence-electron chi connectivity index (χ2n) is 4.52. The van der Waals surface area contributed by atoms with Crippen LogP contribution in [0.3, 0.4) is 0 Å². The Morgan fingerprint density at radius 2 is 2.14 bits per heavy atom. The average molecular weight is 303 g/mol. The van der Waals surface area contributed by atoms with Crippen molar-refractivity contribution in [3.8, 4) is 5.75 Å². The Kier molecular flexibility index (Phi) is 4.77. The van der Waals surface area contributed by atoms with E-state index in [9.17, 15) is 9.59 Å². The Balaban J connectivity index is 2.20. The van der Waals surface area contributed by atoms with Crippen LogP contribution in [0.2, 0.25) is 0 Å². The standard InChI is InChI=1S/C15H17N3O4/c1-3-21-13(19)9-22-12-7-5-4-6-10(12)8-11-14(20)17-15(16)18(11)2/h4-8H,3,9H2,1-2H3,(H2,16,17,20). The minimum Gasteiger partial charge on any atom is -0.481 e. The summed E-state index contributed by atoms with van der Waals surface area (Å²) in [6, 6.07) is 7.02. The van der Waals surface area contributed by atoms with E-state index in [4.69, 9.17) is 14.9 Å². The third-order valence-corrected chi connectivity index (χ3v) is 3.02. The zero-order valence-electron chi connectivity index (χ0n) is 12.4. The van der Waals surface area contributed by atoms with Gasteiger partial charge < -0.3 is 14.4 Å². The molecule has 0 saturated carbocycles. The van der Waals surface area contributed by atoms with Crippen LogP contribution in [0.1, 0.15) is 12.5 Å². The number of likely N-dealkylation sites (N-methyl/N-ethyl adjacent to an activating group) is 1. The van der Waals surface area contributed by atoms with Crippen LogP contribution in [-0.4, -0.2) is 43.0 Å². The summed E-state index contributed by atoms with van der Waals surface area (Å²) in [5.74, 6) is -0.334. The Morgan fingerprint density at radius 1 is 1.41 bits per heavy atom. The van der Waals surface area contributed by atoms with Crippen LogP contribution in [0, 0.1) is 5.41 Å². The molecule has 0 atom stereocenters. The SMILES string of the molecule is CCOC(=O)COc1ccccc1C=C1C(=O)NC(=N)N1C. The predicted octanol–water partition coefficient (Wildman–Crippen LogP) is 0.966. The Labute approximate surface area is 128 Å². The highest BCUT2D eigenvalue weighted by Crippen LogP contribution is 2.23. The van der Waals surface area contributed by atoms with Gasteiger partial charge >= 0.3 is 5.97 Å². The van der Waals surface area contributed by atoms with Gasteiger partial charge in [-0.2, -0.15) is 0 Å². The fourth-order valence-electron chi connectivity index (χ4n) is 1.91. The molecular formula is C15H17N3O4. The second kappa shape index (κ2) is 6.75. The van der Waals surface area contributed by atoms with Gasteiger partial charge in [-0.3, -0.25) is 15.5 Å². The van der Waals surface area contributed by atoms with Crippen LogP contribution < -0.4 is 10.1 Å². The average Bonchev–Trinajstić information content (AvgIpc) is 2.73. The molecule has 2 N–H and O–H groups in total. The molecule has 2 rings (SSSR count). The third-order valence-electron chi connectivity index (χ3n) is 3.02. The number of nitrogens with zero attached hydrogens (tertiary/aromatic N) is 1. The number of rotatable bonds is 5. The molecule has 7 heteroatoms. The first-order valence-corrected chi connectivity index (χ1v) is 6.75. The molecule has 0 aliphatic carbocycles. The van der Waals surface area contributed by atoms with Gasteiger partial charge in [-0.05, 0) is 19.1 Å². The smallest absolute Gasteiger partial charge is 0.344 e. The lowest BCUT2D eigenvalue weighted by Crippen LogP contribution is -2.25. The summed E-state index contributed by atoms with van der Waals surface area (Å²) in [4.78, 5) is 24.6. The molecule has 0 spiro atoms. The van der Waals surface area contributed by atoms with Crippen molar-refractivity contribution < 1.29 is 19.1 Å². The topological polar surface area (TPSA) is 91.7 Å². The number of carbonyl (C=O) groups excluding carboxylic acids is 2. The summed E-state index contributed by atoms with van der Waals surface area (Å²) in [5, 5.41) is 9.99. The van der Waals surface area contributed by atoms with E-state index < -0.39 is 5.97 Å². The molecule has 1 aromatic rings. The Hall–Kier alpha value is -2.83. The van der Waals surface area contributed by atoms with Gasteiger partial charge in [0.1, 0.15) is 11.4 Å². The van der Waals surface area contributed by atoms with Gasteiger partial charge in [0.25, 0.3) is 5.91 Å². The van der Waals surface area contributed by atoms with Crippen LogP contribution in [0.15, 0.2) is 30.0 Å². The first-order chi connectivity index (χ1) is 10.5. The molecule has 1 aliphatic rings. The number of amides is 1. The number of hydrogen-bond acceptors (Lipinski definition) is 5. The monoisotopic (exact) mass is 303 g/mol. The molecule has 22 heavy (non-hydrogen) atoms. The fraction of sp³-hybridized carbons (Fsp3) is 0.267. The van der Waals surface area contributed by atoms with Crippen molar-refractivity contribution in [3.05, 3.63) is 35.5 Å². The van der Waals surface area contributed by atoms with Gasteiger partial charge in [0.2, 0.25) is 5.96 Å². The number of carbonyl (C=O) groups is 2.